The molecule has 1 saturated carbocycles. The van der Waals surface area contributed by atoms with Gasteiger partial charge in [0.05, 0.1) is 11.9 Å². The third-order valence-corrected chi connectivity index (χ3v) is 7.83. The standard InChI is InChI=1S/C22H31N5OS/c1-25(2)14-18-23-20(19-16-8-3-4-9-17(16)29-21(19)24-18)26-10-12-27(13-11-26)22(28)15-6-5-7-15/h15H,3-14H2,1-2H3. The highest BCUT2D eigenvalue weighted by Gasteiger charge is 2.32. The number of aromatic nitrogens is 2. The van der Waals surface area contributed by atoms with Crippen molar-refractivity contribution in [2.45, 2.75) is 51.5 Å². The summed E-state index contributed by atoms with van der Waals surface area (Å²) in [5.41, 5.74) is 1.50. The first-order valence-electron chi connectivity index (χ1n) is 11.1. The molecule has 0 N–H and O–H groups in total. The number of hydrogen-bond donors (Lipinski definition) is 0. The number of thiophene rings is 1. The van der Waals surface area contributed by atoms with Gasteiger partial charge in [-0.25, -0.2) is 9.97 Å². The average molecular weight is 414 g/mol. The number of aryl methyl sites for hydroxylation is 2. The molecule has 3 aliphatic rings. The second-order valence-corrected chi connectivity index (χ2v) is 10.1. The highest BCUT2D eigenvalue weighted by atomic mass is 32.1. The highest BCUT2D eigenvalue weighted by Crippen LogP contribution is 2.40. The molecule has 0 bridgehead atoms. The van der Waals surface area contributed by atoms with E-state index in [4.69, 9.17) is 9.97 Å². The Hall–Kier alpha value is -1.73. The van der Waals surface area contributed by atoms with Crippen molar-refractivity contribution in [3.05, 3.63) is 16.3 Å². The summed E-state index contributed by atoms with van der Waals surface area (Å²) in [6.07, 6.45) is 8.27. The number of nitrogens with zero attached hydrogens (tertiary/aromatic N) is 5. The zero-order valence-electron chi connectivity index (χ0n) is 17.6. The fourth-order valence-corrected chi connectivity index (χ4v) is 6.09. The second-order valence-electron chi connectivity index (χ2n) is 9.03. The van der Waals surface area contributed by atoms with E-state index in [1.165, 1.54) is 41.5 Å². The van der Waals surface area contributed by atoms with Gasteiger partial charge in [-0.1, -0.05) is 6.42 Å². The van der Waals surface area contributed by atoms with E-state index in [1.54, 1.807) is 0 Å². The zero-order valence-corrected chi connectivity index (χ0v) is 18.4. The maximum atomic E-state index is 12.6. The normalized spacial score (nSPS) is 20.2. The van der Waals surface area contributed by atoms with Crippen LogP contribution in [0.15, 0.2) is 0 Å². The molecular weight excluding hydrogens is 382 g/mol. The maximum absolute atomic E-state index is 12.6. The van der Waals surface area contributed by atoms with Crippen LogP contribution in [0, 0.1) is 5.92 Å². The van der Waals surface area contributed by atoms with E-state index in [2.05, 4.69) is 28.8 Å². The summed E-state index contributed by atoms with van der Waals surface area (Å²) in [6.45, 7) is 4.13. The molecule has 3 heterocycles. The van der Waals surface area contributed by atoms with E-state index in [1.807, 2.05) is 11.3 Å². The van der Waals surface area contributed by atoms with Gasteiger partial charge in [0.1, 0.15) is 16.5 Å². The summed E-state index contributed by atoms with van der Waals surface area (Å²) in [4.78, 5) is 31.9. The summed E-state index contributed by atoms with van der Waals surface area (Å²) in [5.74, 6) is 2.69. The Bertz CT molecular complexity index is 912. The van der Waals surface area contributed by atoms with Crippen LogP contribution < -0.4 is 4.90 Å². The molecule has 1 aliphatic heterocycles. The van der Waals surface area contributed by atoms with Gasteiger partial charge in [-0.2, -0.15) is 0 Å². The predicted octanol–water partition coefficient (Wildman–Crippen LogP) is 3.08. The fourth-order valence-electron chi connectivity index (χ4n) is 4.82. The van der Waals surface area contributed by atoms with Crippen molar-refractivity contribution in [1.29, 1.82) is 0 Å². The molecule has 7 heteroatoms. The van der Waals surface area contributed by atoms with Gasteiger partial charge in [-0.05, 0) is 58.2 Å². The van der Waals surface area contributed by atoms with Crippen molar-refractivity contribution >= 4 is 33.3 Å². The number of anilines is 1. The van der Waals surface area contributed by atoms with E-state index in [0.717, 1.165) is 68.5 Å². The highest BCUT2D eigenvalue weighted by molar-refractivity contribution is 7.19. The van der Waals surface area contributed by atoms with Crippen LogP contribution in [0.1, 0.15) is 48.4 Å². The van der Waals surface area contributed by atoms with Gasteiger partial charge in [-0.15, -0.1) is 11.3 Å². The lowest BCUT2D eigenvalue weighted by Gasteiger charge is -2.39. The summed E-state index contributed by atoms with van der Waals surface area (Å²) in [5, 5.41) is 1.30. The van der Waals surface area contributed by atoms with E-state index in [0.29, 0.717) is 11.8 Å². The molecule has 6 nitrogen and oxygen atoms in total. The van der Waals surface area contributed by atoms with Crippen LogP contribution in [0.2, 0.25) is 0 Å². The molecule has 156 valence electrons. The van der Waals surface area contributed by atoms with Crippen molar-refractivity contribution in [3.8, 4) is 0 Å². The molecule has 0 unspecified atom stereocenters. The monoisotopic (exact) mass is 413 g/mol. The molecule has 2 aliphatic carbocycles. The molecule has 0 spiro atoms. The Morgan fingerprint density at radius 3 is 2.52 bits per heavy atom. The lowest BCUT2D eigenvalue weighted by molar-refractivity contribution is -0.138. The SMILES string of the molecule is CN(C)Cc1nc(N2CCN(C(=O)C3CCC3)CC2)c2c3c(sc2n1)CCCC3. The minimum atomic E-state index is 0.294. The van der Waals surface area contributed by atoms with Gasteiger partial charge in [0.2, 0.25) is 5.91 Å². The van der Waals surface area contributed by atoms with Crippen LogP contribution in [-0.2, 0) is 24.2 Å². The molecule has 2 aromatic rings. The Morgan fingerprint density at radius 2 is 1.83 bits per heavy atom. The van der Waals surface area contributed by atoms with E-state index >= 15 is 0 Å². The van der Waals surface area contributed by atoms with E-state index < -0.39 is 0 Å². The molecule has 0 radical (unpaired) electrons. The summed E-state index contributed by atoms with van der Waals surface area (Å²) in [7, 11) is 4.13. The van der Waals surface area contributed by atoms with E-state index in [-0.39, 0.29) is 0 Å². The van der Waals surface area contributed by atoms with Gasteiger partial charge in [0.15, 0.2) is 0 Å². The molecule has 2 fully saturated rings. The average Bonchev–Trinajstić information content (AvgIpc) is 3.04. The van der Waals surface area contributed by atoms with Crippen molar-refractivity contribution < 1.29 is 4.79 Å². The van der Waals surface area contributed by atoms with Crippen LogP contribution in [0.4, 0.5) is 5.82 Å². The smallest absolute Gasteiger partial charge is 0.225 e. The summed E-state index contributed by atoms with van der Waals surface area (Å²) in [6, 6.07) is 0. The number of amides is 1. The molecule has 29 heavy (non-hydrogen) atoms. The van der Waals surface area contributed by atoms with Gasteiger partial charge >= 0.3 is 0 Å². The predicted molar refractivity (Wildman–Crippen MR) is 118 cm³/mol. The number of carbonyl (C=O) groups excluding carboxylic acids is 1. The molecule has 2 aromatic heterocycles. The first-order chi connectivity index (χ1) is 14.1. The van der Waals surface area contributed by atoms with Crippen LogP contribution >= 0.6 is 11.3 Å². The summed E-state index contributed by atoms with van der Waals surface area (Å²) < 4.78 is 0. The van der Waals surface area contributed by atoms with Gasteiger partial charge < -0.3 is 14.7 Å². The number of fused-ring (bicyclic) bond motifs is 3. The molecular formula is C22H31N5OS. The van der Waals surface area contributed by atoms with Crippen molar-refractivity contribution in [3.63, 3.8) is 0 Å². The van der Waals surface area contributed by atoms with Gasteiger partial charge in [0.25, 0.3) is 0 Å². The molecule has 1 saturated heterocycles. The van der Waals surface area contributed by atoms with Crippen LogP contribution in [0.25, 0.3) is 10.2 Å². The van der Waals surface area contributed by atoms with Crippen LogP contribution in [0.3, 0.4) is 0 Å². The van der Waals surface area contributed by atoms with Crippen molar-refractivity contribution in [2.24, 2.45) is 5.92 Å². The molecule has 1 amide bonds. The lowest BCUT2D eigenvalue weighted by atomic mass is 9.84. The minimum Gasteiger partial charge on any atom is -0.352 e. The third kappa shape index (κ3) is 3.63. The molecule has 5 rings (SSSR count). The Balaban J connectivity index is 1.45. The number of hydrogen-bond acceptors (Lipinski definition) is 6. The number of piperazine rings is 1. The Kier molecular flexibility index (Phi) is 5.20. The van der Waals surface area contributed by atoms with Crippen LogP contribution in [-0.4, -0.2) is 65.9 Å². The van der Waals surface area contributed by atoms with Crippen molar-refractivity contribution in [1.82, 2.24) is 19.8 Å². The van der Waals surface area contributed by atoms with Crippen molar-refractivity contribution in [2.75, 3.05) is 45.2 Å². The largest absolute Gasteiger partial charge is 0.352 e. The Morgan fingerprint density at radius 1 is 1.07 bits per heavy atom. The maximum Gasteiger partial charge on any atom is 0.225 e. The first kappa shape index (κ1) is 19.2. The number of carbonyl (C=O) groups is 1. The third-order valence-electron chi connectivity index (χ3n) is 6.64. The zero-order chi connectivity index (χ0) is 20.0. The minimum absolute atomic E-state index is 0.294. The van der Waals surface area contributed by atoms with Gasteiger partial charge in [-0.3, -0.25) is 4.79 Å². The quantitative estimate of drug-likeness (QED) is 0.771. The fraction of sp³-hybridized carbons (Fsp3) is 0.682. The summed E-state index contributed by atoms with van der Waals surface area (Å²) >= 11 is 1.88. The molecule has 0 aromatic carbocycles. The second kappa shape index (κ2) is 7.84. The lowest BCUT2D eigenvalue weighted by Crippen LogP contribution is -2.51. The Labute approximate surface area is 176 Å². The number of rotatable bonds is 4. The van der Waals surface area contributed by atoms with Gasteiger partial charge in [0, 0.05) is 37.0 Å². The molecule has 0 atom stereocenters. The van der Waals surface area contributed by atoms with E-state index in [9.17, 15) is 4.79 Å². The first-order valence-corrected chi connectivity index (χ1v) is 11.9. The van der Waals surface area contributed by atoms with Crippen LogP contribution in [0.5, 0.6) is 0 Å². The topological polar surface area (TPSA) is 52.6 Å².